The molecule has 0 radical (unpaired) electrons. The van der Waals surface area contributed by atoms with Gasteiger partial charge in [-0.1, -0.05) is 0 Å². The lowest BCUT2D eigenvalue weighted by Crippen LogP contribution is -2.30. The maximum Gasteiger partial charge on any atom is 0.240 e. The van der Waals surface area contributed by atoms with Crippen molar-refractivity contribution in [3.8, 4) is 0 Å². The lowest BCUT2D eigenvalue weighted by atomic mass is 10.0. The summed E-state index contributed by atoms with van der Waals surface area (Å²) >= 11 is 0. The first kappa shape index (κ1) is 16.4. The highest BCUT2D eigenvalue weighted by Crippen LogP contribution is 2.28. The number of hydrogen-bond acceptors (Lipinski definition) is 5. The highest BCUT2D eigenvalue weighted by Gasteiger charge is 2.26. The summed E-state index contributed by atoms with van der Waals surface area (Å²) < 4.78 is 7.60. The van der Waals surface area contributed by atoms with Crippen molar-refractivity contribution in [3.63, 3.8) is 0 Å². The van der Waals surface area contributed by atoms with Crippen molar-refractivity contribution in [2.45, 2.75) is 52.1 Å². The Balaban J connectivity index is 1.55. The predicted molar refractivity (Wildman–Crippen MR) is 89.8 cm³/mol. The van der Waals surface area contributed by atoms with Gasteiger partial charge in [0, 0.05) is 38.2 Å². The lowest BCUT2D eigenvalue weighted by molar-refractivity contribution is -0.119. The standard InChI is InChI=1S/C17H23N5O2/c1-3-22-15(8-9-18-22)6-7-16-20-21-17(24-16)11-13-4-5-14(10-13)19-12(2)23/h6-9,13-14H,3-5,10-11H2,1-2H3,(H,19,23)/t13-,14+/m1/s1. The third kappa shape index (κ3) is 4.10. The van der Waals surface area contributed by atoms with E-state index in [1.165, 1.54) is 0 Å². The monoisotopic (exact) mass is 329 g/mol. The average molecular weight is 329 g/mol. The summed E-state index contributed by atoms with van der Waals surface area (Å²) in [6, 6.07) is 2.22. The summed E-state index contributed by atoms with van der Waals surface area (Å²) in [5, 5.41) is 15.4. The topological polar surface area (TPSA) is 85.8 Å². The van der Waals surface area contributed by atoms with Gasteiger partial charge in [-0.3, -0.25) is 9.48 Å². The predicted octanol–water partition coefficient (Wildman–Crippen LogP) is 2.30. The summed E-state index contributed by atoms with van der Waals surface area (Å²) in [6.45, 7) is 4.43. The van der Waals surface area contributed by atoms with E-state index in [0.717, 1.165) is 37.9 Å². The molecule has 1 amide bonds. The van der Waals surface area contributed by atoms with Crippen LogP contribution in [0.15, 0.2) is 16.7 Å². The highest BCUT2D eigenvalue weighted by atomic mass is 16.4. The molecular weight excluding hydrogens is 306 g/mol. The lowest BCUT2D eigenvalue weighted by Gasteiger charge is -2.10. The van der Waals surface area contributed by atoms with Gasteiger partial charge in [-0.05, 0) is 44.2 Å². The molecule has 0 aliphatic heterocycles. The third-order valence-corrected chi connectivity index (χ3v) is 4.34. The van der Waals surface area contributed by atoms with Crippen molar-refractivity contribution in [2.75, 3.05) is 0 Å². The summed E-state index contributed by atoms with van der Waals surface area (Å²) in [7, 11) is 0. The zero-order chi connectivity index (χ0) is 16.9. The molecule has 1 N–H and O–H groups in total. The van der Waals surface area contributed by atoms with E-state index in [0.29, 0.717) is 17.7 Å². The van der Waals surface area contributed by atoms with Gasteiger partial charge in [0.25, 0.3) is 0 Å². The normalized spacial score (nSPS) is 20.8. The average Bonchev–Trinajstić information content (AvgIpc) is 3.26. The number of aromatic nitrogens is 4. The molecule has 2 heterocycles. The fourth-order valence-electron chi connectivity index (χ4n) is 3.25. The molecule has 7 nitrogen and oxygen atoms in total. The molecule has 1 aliphatic carbocycles. The van der Waals surface area contributed by atoms with E-state index in [2.05, 4.69) is 20.6 Å². The van der Waals surface area contributed by atoms with E-state index in [-0.39, 0.29) is 11.9 Å². The Morgan fingerprint density at radius 1 is 1.42 bits per heavy atom. The van der Waals surface area contributed by atoms with Crippen LogP contribution in [0.5, 0.6) is 0 Å². The number of carbonyl (C=O) groups is 1. The van der Waals surface area contributed by atoms with E-state index in [1.54, 1.807) is 13.1 Å². The van der Waals surface area contributed by atoms with Crippen molar-refractivity contribution in [2.24, 2.45) is 5.92 Å². The molecule has 2 atom stereocenters. The van der Waals surface area contributed by atoms with Crippen LogP contribution in [0.25, 0.3) is 12.2 Å². The van der Waals surface area contributed by atoms with Gasteiger partial charge < -0.3 is 9.73 Å². The Kier molecular flexibility index (Phi) is 5.08. The zero-order valence-corrected chi connectivity index (χ0v) is 14.1. The number of nitrogens with zero attached hydrogens (tertiary/aromatic N) is 4. The smallest absolute Gasteiger partial charge is 0.240 e. The Morgan fingerprint density at radius 3 is 3.08 bits per heavy atom. The molecule has 3 rings (SSSR count). The van der Waals surface area contributed by atoms with Crippen molar-refractivity contribution < 1.29 is 9.21 Å². The molecule has 7 heteroatoms. The minimum absolute atomic E-state index is 0.0391. The summed E-state index contributed by atoms with van der Waals surface area (Å²) in [5.41, 5.74) is 1.01. The van der Waals surface area contributed by atoms with Crippen LogP contribution in [0.1, 0.15) is 50.6 Å². The quantitative estimate of drug-likeness (QED) is 0.879. The van der Waals surface area contributed by atoms with E-state index in [9.17, 15) is 4.79 Å². The van der Waals surface area contributed by atoms with Crippen LogP contribution in [0, 0.1) is 5.92 Å². The van der Waals surface area contributed by atoms with Crippen molar-refractivity contribution >= 4 is 18.1 Å². The maximum absolute atomic E-state index is 11.1. The fourth-order valence-corrected chi connectivity index (χ4v) is 3.25. The largest absolute Gasteiger partial charge is 0.421 e. The SMILES string of the molecule is CCn1nccc1C=Cc1nnc(C[C@@H]2CC[C@H](NC(C)=O)C2)o1. The van der Waals surface area contributed by atoms with Gasteiger partial charge >= 0.3 is 0 Å². The van der Waals surface area contributed by atoms with Gasteiger partial charge in [0.1, 0.15) is 0 Å². The second-order valence-corrected chi connectivity index (χ2v) is 6.22. The molecular formula is C17H23N5O2. The van der Waals surface area contributed by atoms with E-state index >= 15 is 0 Å². The number of carbonyl (C=O) groups excluding carboxylic acids is 1. The minimum Gasteiger partial charge on any atom is -0.421 e. The van der Waals surface area contributed by atoms with Gasteiger partial charge in [-0.2, -0.15) is 5.10 Å². The van der Waals surface area contributed by atoms with Crippen molar-refractivity contribution in [3.05, 3.63) is 29.7 Å². The van der Waals surface area contributed by atoms with Crippen LogP contribution < -0.4 is 5.32 Å². The van der Waals surface area contributed by atoms with Crippen molar-refractivity contribution in [1.29, 1.82) is 0 Å². The molecule has 24 heavy (non-hydrogen) atoms. The number of rotatable bonds is 6. The van der Waals surface area contributed by atoms with Crippen LogP contribution in [-0.4, -0.2) is 31.9 Å². The van der Waals surface area contributed by atoms with Crippen LogP contribution in [0.3, 0.4) is 0 Å². The Morgan fingerprint density at radius 2 is 2.29 bits per heavy atom. The Hall–Kier alpha value is -2.44. The van der Waals surface area contributed by atoms with Crippen LogP contribution in [0.2, 0.25) is 0 Å². The first-order valence-electron chi connectivity index (χ1n) is 8.43. The van der Waals surface area contributed by atoms with Gasteiger partial charge in [0.05, 0.1) is 5.69 Å². The van der Waals surface area contributed by atoms with E-state index < -0.39 is 0 Å². The molecule has 1 saturated carbocycles. The van der Waals surface area contributed by atoms with Gasteiger partial charge in [0.15, 0.2) is 0 Å². The molecule has 0 unspecified atom stereocenters. The molecule has 0 spiro atoms. The fraction of sp³-hybridized carbons (Fsp3) is 0.529. The third-order valence-electron chi connectivity index (χ3n) is 4.34. The molecule has 1 fully saturated rings. The maximum atomic E-state index is 11.1. The second kappa shape index (κ2) is 7.42. The molecule has 0 aromatic carbocycles. The second-order valence-electron chi connectivity index (χ2n) is 6.22. The zero-order valence-electron chi connectivity index (χ0n) is 14.1. The van der Waals surface area contributed by atoms with Crippen LogP contribution in [0.4, 0.5) is 0 Å². The van der Waals surface area contributed by atoms with E-state index in [1.807, 2.05) is 29.8 Å². The van der Waals surface area contributed by atoms with Crippen LogP contribution in [-0.2, 0) is 17.8 Å². The van der Waals surface area contributed by atoms with E-state index in [4.69, 9.17) is 4.42 Å². The first-order chi connectivity index (χ1) is 11.6. The molecule has 0 bridgehead atoms. The number of aryl methyl sites for hydroxylation is 1. The molecule has 1 aliphatic rings. The number of hydrogen-bond donors (Lipinski definition) is 1. The number of nitrogens with one attached hydrogen (secondary N) is 1. The minimum atomic E-state index is 0.0391. The summed E-state index contributed by atoms with van der Waals surface area (Å²) in [5.74, 6) is 1.69. The number of amides is 1. The van der Waals surface area contributed by atoms with Gasteiger partial charge in [-0.25, -0.2) is 0 Å². The summed E-state index contributed by atoms with van der Waals surface area (Å²) in [6.07, 6.45) is 9.35. The molecule has 0 saturated heterocycles. The molecule has 2 aromatic rings. The highest BCUT2D eigenvalue weighted by molar-refractivity contribution is 5.73. The Labute approximate surface area is 141 Å². The van der Waals surface area contributed by atoms with Crippen LogP contribution >= 0.6 is 0 Å². The molecule has 128 valence electrons. The van der Waals surface area contributed by atoms with Gasteiger partial charge in [0.2, 0.25) is 17.7 Å². The molecule has 2 aromatic heterocycles. The van der Waals surface area contributed by atoms with Gasteiger partial charge in [-0.15, -0.1) is 10.2 Å². The Bertz CT molecular complexity index is 718. The first-order valence-corrected chi connectivity index (χ1v) is 8.43. The summed E-state index contributed by atoms with van der Waals surface area (Å²) in [4.78, 5) is 11.1. The van der Waals surface area contributed by atoms with Crippen molar-refractivity contribution in [1.82, 2.24) is 25.3 Å².